The number of hydrogen-bond donors (Lipinski definition) is 1. The fourth-order valence-corrected chi connectivity index (χ4v) is 2.38. The van der Waals surface area contributed by atoms with Gasteiger partial charge in [-0.25, -0.2) is 4.98 Å². The zero-order valence-corrected chi connectivity index (χ0v) is 13.6. The lowest BCUT2D eigenvalue weighted by Crippen LogP contribution is -2.49. The molecule has 0 aromatic carbocycles. The van der Waals surface area contributed by atoms with Crippen molar-refractivity contribution in [3.63, 3.8) is 0 Å². The molecule has 1 aliphatic heterocycles. The van der Waals surface area contributed by atoms with Gasteiger partial charge < -0.3 is 4.90 Å². The molecule has 21 heavy (non-hydrogen) atoms. The largest absolute Gasteiger partial charge is 0.333 e. The molecule has 0 bridgehead atoms. The highest BCUT2D eigenvalue weighted by Crippen LogP contribution is 2.11. The summed E-state index contributed by atoms with van der Waals surface area (Å²) in [5, 5.41) is 6.90. The minimum absolute atomic E-state index is 0.0540. The number of aromatic amines is 1. The summed E-state index contributed by atoms with van der Waals surface area (Å²) in [6, 6.07) is 0. The number of H-pyrrole nitrogens is 1. The molecule has 0 aliphatic carbocycles. The van der Waals surface area contributed by atoms with Gasteiger partial charge >= 0.3 is 0 Å². The molecule has 0 atom stereocenters. The standard InChI is InChI=1S/C15H27N5O/c1-11(2)5-6-19-7-9-20(10-8-19)15(21)14-16-13(12(3)4)17-18-14/h11-12H,5-10H2,1-4H3,(H,16,17,18). The van der Waals surface area contributed by atoms with E-state index in [2.05, 4.69) is 33.9 Å². The van der Waals surface area contributed by atoms with Crippen LogP contribution in [0.3, 0.4) is 0 Å². The second kappa shape index (κ2) is 7.02. The van der Waals surface area contributed by atoms with E-state index in [9.17, 15) is 4.79 Å². The van der Waals surface area contributed by atoms with Crippen LogP contribution < -0.4 is 0 Å². The lowest BCUT2D eigenvalue weighted by molar-refractivity contribution is 0.0620. The van der Waals surface area contributed by atoms with Crippen molar-refractivity contribution >= 4 is 5.91 Å². The molecule has 1 N–H and O–H groups in total. The maximum atomic E-state index is 12.4. The first-order valence-corrected chi connectivity index (χ1v) is 7.91. The summed E-state index contributed by atoms with van der Waals surface area (Å²) >= 11 is 0. The zero-order valence-electron chi connectivity index (χ0n) is 13.6. The van der Waals surface area contributed by atoms with Crippen LogP contribution in [0.25, 0.3) is 0 Å². The van der Waals surface area contributed by atoms with Gasteiger partial charge in [0.1, 0.15) is 5.82 Å². The summed E-state index contributed by atoms with van der Waals surface area (Å²) in [5.74, 6) is 2.00. The quantitative estimate of drug-likeness (QED) is 0.898. The van der Waals surface area contributed by atoms with E-state index in [1.54, 1.807) is 0 Å². The van der Waals surface area contributed by atoms with Gasteiger partial charge in [0.05, 0.1) is 0 Å². The van der Waals surface area contributed by atoms with Gasteiger partial charge in [0.25, 0.3) is 5.91 Å². The van der Waals surface area contributed by atoms with E-state index in [0.717, 1.165) is 44.5 Å². The highest BCUT2D eigenvalue weighted by atomic mass is 16.2. The monoisotopic (exact) mass is 293 g/mol. The molecule has 0 unspecified atom stereocenters. The number of carbonyl (C=O) groups is 1. The van der Waals surface area contributed by atoms with Crippen LogP contribution in [0, 0.1) is 5.92 Å². The van der Waals surface area contributed by atoms with Crippen LogP contribution in [-0.2, 0) is 0 Å². The van der Waals surface area contributed by atoms with E-state index >= 15 is 0 Å². The molecular formula is C15H27N5O. The number of rotatable bonds is 5. The molecule has 118 valence electrons. The van der Waals surface area contributed by atoms with E-state index in [4.69, 9.17) is 0 Å². The molecule has 1 aliphatic rings. The second-order valence-corrected chi connectivity index (χ2v) is 6.52. The molecule has 6 nitrogen and oxygen atoms in total. The summed E-state index contributed by atoms with van der Waals surface area (Å²) in [5.41, 5.74) is 0. The number of carbonyl (C=O) groups excluding carboxylic acids is 1. The van der Waals surface area contributed by atoms with Crippen molar-refractivity contribution in [3.8, 4) is 0 Å². The number of piperazine rings is 1. The average Bonchev–Trinajstić information content (AvgIpc) is 2.95. The minimum atomic E-state index is -0.0540. The third-order valence-electron chi connectivity index (χ3n) is 3.92. The smallest absolute Gasteiger partial charge is 0.293 e. The SMILES string of the molecule is CC(C)CCN1CCN(C(=O)c2n[nH]c(C(C)C)n2)CC1. The van der Waals surface area contributed by atoms with Crippen molar-refractivity contribution in [1.29, 1.82) is 0 Å². The van der Waals surface area contributed by atoms with Gasteiger partial charge in [0, 0.05) is 32.1 Å². The van der Waals surface area contributed by atoms with Crippen LogP contribution in [0.4, 0.5) is 0 Å². The highest BCUT2D eigenvalue weighted by Gasteiger charge is 2.25. The molecule has 1 aromatic heterocycles. The van der Waals surface area contributed by atoms with Crippen molar-refractivity contribution in [2.75, 3.05) is 32.7 Å². The van der Waals surface area contributed by atoms with E-state index < -0.39 is 0 Å². The molecule has 2 rings (SSSR count). The van der Waals surface area contributed by atoms with Gasteiger partial charge in [-0.15, -0.1) is 5.10 Å². The molecule has 0 saturated carbocycles. The van der Waals surface area contributed by atoms with Gasteiger partial charge in [-0.2, -0.15) is 0 Å². The fraction of sp³-hybridized carbons (Fsp3) is 0.800. The Morgan fingerprint density at radius 2 is 1.86 bits per heavy atom. The van der Waals surface area contributed by atoms with Crippen LogP contribution in [-0.4, -0.2) is 63.6 Å². The topological polar surface area (TPSA) is 65.1 Å². The summed E-state index contributed by atoms with van der Waals surface area (Å²) in [6.07, 6.45) is 1.21. The molecule has 1 fully saturated rings. The van der Waals surface area contributed by atoms with Crippen LogP contribution in [0.2, 0.25) is 0 Å². The Bertz CT molecular complexity index is 460. The third kappa shape index (κ3) is 4.27. The fourth-order valence-electron chi connectivity index (χ4n) is 2.38. The summed E-state index contributed by atoms with van der Waals surface area (Å²) in [7, 11) is 0. The summed E-state index contributed by atoms with van der Waals surface area (Å²) < 4.78 is 0. The Labute approximate surface area is 126 Å². The first-order valence-electron chi connectivity index (χ1n) is 7.91. The van der Waals surface area contributed by atoms with Gasteiger partial charge in [0.15, 0.2) is 0 Å². The van der Waals surface area contributed by atoms with Gasteiger partial charge in [-0.3, -0.25) is 14.8 Å². The lowest BCUT2D eigenvalue weighted by atomic mass is 10.1. The molecule has 1 saturated heterocycles. The Morgan fingerprint density at radius 3 is 2.38 bits per heavy atom. The average molecular weight is 293 g/mol. The van der Waals surface area contributed by atoms with Crippen molar-refractivity contribution < 1.29 is 4.79 Å². The Kier molecular flexibility index (Phi) is 5.33. The molecule has 1 aromatic rings. The molecular weight excluding hydrogens is 266 g/mol. The van der Waals surface area contributed by atoms with Gasteiger partial charge in [-0.05, 0) is 18.9 Å². The number of aromatic nitrogens is 3. The van der Waals surface area contributed by atoms with Crippen LogP contribution in [0.1, 0.15) is 56.5 Å². The zero-order chi connectivity index (χ0) is 15.4. The normalized spacial score (nSPS) is 17.0. The van der Waals surface area contributed by atoms with E-state index in [0.29, 0.717) is 5.82 Å². The molecule has 1 amide bonds. The predicted molar refractivity (Wildman–Crippen MR) is 82.3 cm³/mol. The van der Waals surface area contributed by atoms with Crippen LogP contribution in [0.15, 0.2) is 0 Å². The maximum Gasteiger partial charge on any atom is 0.293 e. The van der Waals surface area contributed by atoms with Crippen molar-refractivity contribution in [2.45, 2.75) is 40.0 Å². The summed E-state index contributed by atoms with van der Waals surface area (Å²) in [4.78, 5) is 21.0. The molecule has 0 spiro atoms. The Hall–Kier alpha value is -1.43. The molecule has 6 heteroatoms. The number of nitrogens with zero attached hydrogens (tertiary/aromatic N) is 4. The van der Waals surface area contributed by atoms with Crippen LogP contribution in [0.5, 0.6) is 0 Å². The van der Waals surface area contributed by atoms with Crippen molar-refractivity contribution in [2.24, 2.45) is 5.92 Å². The lowest BCUT2D eigenvalue weighted by Gasteiger charge is -2.34. The van der Waals surface area contributed by atoms with Gasteiger partial charge in [-0.1, -0.05) is 27.7 Å². The van der Waals surface area contributed by atoms with Crippen molar-refractivity contribution in [3.05, 3.63) is 11.6 Å². The first-order chi connectivity index (χ1) is 9.97. The first kappa shape index (κ1) is 15.9. The van der Waals surface area contributed by atoms with E-state index in [1.807, 2.05) is 18.7 Å². The Balaban J connectivity index is 1.85. The predicted octanol–water partition coefficient (Wildman–Crippen LogP) is 1.73. The van der Waals surface area contributed by atoms with Crippen LogP contribution >= 0.6 is 0 Å². The maximum absolute atomic E-state index is 12.4. The van der Waals surface area contributed by atoms with Crippen molar-refractivity contribution in [1.82, 2.24) is 25.0 Å². The highest BCUT2D eigenvalue weighted by molar-refractivity contribution is 5.90. The summed E-state index contributed by atoms with van der Waals surface area (Å²) in [6.45, 7) is 13.1. The minimum Gasteiger partial charge on any atom is -0.333 e. The number of amides is 1. The number of nitrogens with one attached hydrogen (secondary N) is 1. The Morgan fingerprint density at radius 1 is 1.19 bits per heavy atom. The van der Waals surface area contributed by atoms with Gasteiger partial charge in [0.2, 0.25) is 5.82 Å². The molecule has 2 heterocycles. The second-order valence-electron chi connectivity index (χ2n) is 6.52. The molecule has 0 radical (unpaired) electrons. The third-order valence-corrected chi connectivity index (χ3v) is 3.92. The van der Waals surface area contributed by atoms with E-state index in [-0.39, 0.29) is 11.8 Å². The number of hydrogen-bond acceptors (Lipinski definition) is 4. The van der Waals surface area contributed by atoms with E-state index in [1.165, 1.54) is 6.42 Å².